The minimum absolute atomic E-state index is 0.0519. The van der Waals surface area contributed by atoms with Crippen molar-refractivity contribution >= 4 is 17.1 Å². The number of fused-ring (bicyclic) bond motifs is 13. The molecule has 2 aliphatic rings. The van der Waals surface area contributed by atoms with Crippen molar-refractivity contribution in [3.05, 3.63) is 258 Å². The molecule has 0 heterocycles. The van der Waals surface area contributed by atoms with Crippen LogP contribution in [0.5, 0.6) is 0 Å². The number of benzene rings is 10. The number of para-hydroxylation sites is 2. The first-order valence-corrected chi connectivity index (χ1v) is 23.2. The fraction of sp³-hybridized carbons (Fsp3) is 0.0769. The van der Waals surface area contributed by atoms with E-state index in [1.807, 2.05) is 0 Å². The van der Waals surface area contributed by atoms with Gasteiger partial charge in [0.2, 0.25) is 0 Å². The van der Waals surface area contributed by atoms with Gasteiger partial charge in [-0.2, -0.15) is 0 Å². The van der Waals surface area contributed by atoms with E-state index < -0.39 is 0 Å². The summed E-state index contributed by atoms with van der Waals surface area (Å²) in [5.41, 5.74) is 27.5. The lowest BCUT2D eigenvalue weighted by molar-refractivity contribution is 0.660. The van der Waals surface area contributed by atoms with Crippen LogP contribution in [-0.2, 0) is 11.8 Å². The fourth-order valence-electron chi connectivity index (χ4n) is 11.0. The van der Waals surface area contributed by atoms with Crippen LogP contribution in [-0.4, -0.2) is 0 Å². The summed E-state index contributed by atoms with van der Waals surface area (Å²) in [6.07, 6.45) is 0.856. The summed E-state index contributed by atoms with van der Waals surface area (Å²) in [4.78, 5) is 2.41. The van der Waals surface area contributed by atoms with Crippen molar-refractivity contribution in [2.24, 2.45) is 0 Å². The van der Waals surface area contributed by atoms with Crippen molar-refractivity contribution in [1.82, 2.24) is 0 Å². The molecule has 10 aromatic carbocycles. The van der Waals surface area contributed by atoms with E-state index in [9.17, 15) is 0 Å². The van der Waals surface area contributed by atoms with Gasteiger partial charge in [-0.05, 0) is 156 Å². The van der Waals surface area contributed by atoms with E-state index in [1.54, 1.807) is 0 Å². The van der Waals surface area contributed by atoms with Crippen molar-refractivity contribution in [3.63, 3.8) is 0 Å². The summed E-state index contributed by atoms with van der Waals surface area (Å²) in [6, 6.07) is 85.6. The Bertz CT molecular complexity index is 3480. The Morgan fingerprint density at radius 2 is 0.788 bits per heavy atom. The highest BCUT2D eigenvalue weighted by atomic mass is 15.1. The van der Waals surface area contributed by atoms with E-state index in [-0.39, 0.29) is 5.41 Å². The van der Waals surface area contributed by atoms with Gasteiger partial charge in [-0.3, -0.25) is 0 Å². The molecule has 1 heteroatoms. The predicted molar refractivity (Wildman–Crippen MR) is 279 cm³/mol. The van der Waals surface area contributed by atoms with Gasteiger partial charge in [0.1, 0.15) is 0 Å². The largest absolute Gasteiger partial charge is 0.310 e. The highest BCUT2D eigenvalue weighted by Crippen LogP contribution is 2.51. The van der Waals surface area contributed by atoms with E-state index >= 15 is 0 Å². The van der Waals surface area contributed by atoms with Gasteiger partial charge in [0.25, 0.3) is 0 Å². The normalized spacial score (nSPS) is 12.8. The molecule has 2 aliphatic carbocycles. The van der Waals surface area contributed by atoms with Crippen molar-refractivity contribution in [2.75, 3.05) is 4.90 Å². The Labute approximate surface area is 389 Å². The molecule has 0 radical (unpaired) electrons. The Morgan fingerprint density at radius 1 is 0.318 bits per heavy atom. The zero-order chi connectivity index (χ0) is 44.4. The Hall–Kier alpha value is -8.00. The zero-order valence-corrected chi connectivity index (χ0v) is 37.6. The number of nitrogens with zero attached hydrogens (tertiary/aromatic N) is 1. The minimum atomic E-state index is -0.0519. The average molecular weight is 844 g/mol. The molecule has 10 aromatic rings. The third kappa shape index (κ3) is 6.54. The second-order valence-electron chi connectivity index (χ2n) is 18.4. The standard InChI is InChI=1S/C65H49N/c1-43-51-28-17-29-52(43)61-41-48(35-38-58(61)57-26-12-11-25-56(57)54-23-10-8-19-47(54)40-46-18-7-9-22-53(46)51)55-24-14-16-31-64(55)66(49-20-5-4-6-21-49)50-36-32-44(33-37-50)45-34-39-60-59-27-13-15-30-62(59)65(2,3)63(60)42-45/h4-39,41-42H,40H2,1-3H3. The van der Waals surface area contributed by atoms with Crippen LogP contribution in [0.15, 0.2) is 231 Å². The Kier molecular flexibility index (Phi) is 9.54. The maximum absolute atomic E-state index is 2.44. The van der Waals surface area contributed by atoms with Crippen molar-refractivity contribution < 1.29 is 0 Å². The van der Waals surface area contributed by atoms with Gasteiger partial charge in [0.15, 0.2) is 0 Å². The second-order valence-corrected chi connectivity index (χ2v) is 18.4. The molecule has 0 atom stereocenters. The maximum Gasteiger partial charge on any atom is 0.0540 e. The number of rotatable bonds is 5. The molecule has 0 amide bonds. The highest BCUT2D eigenvalue weighted by Gasteiger charge is 2.35. The zero-order valence-electron chi connectivity index (χ0n) is 37.6. The smallest absolute Gasteiger partial charge is 0.0540 e. The quantitative estimate of drug-likeness (QED) is 0.167. The van der Waals surface area contributed by atoms with E-state index in [1.165, 1.54) is 100 Å². The topological polar surface area (TPSA) is 3.24 Å². The predicted octanol–water partition coefficient (Wildman–Crippen LogP) is 17.7. The molecule has 1 nitrogen and oxygen atoms in total. The van der Waals surface area contributed by atoms with Crippen LogP contribution < -0.4 is 4.90 Å². The molecule has 0 spiro atoms. The molecular formula is C65H49N. The van der Waals surface area contributed by atoms with Crippen LogP contribution in [0.25, 0.3) is 77.9 Å². The Morgan fingerprint density at radius 3 is 1.52 bits per heavy atom. The third-order valence-electron chi connectivity index (χ3n) is 14.4. The molecule has 66 heavy (non-hydrogen) atoms. The third-order valence-corrected chi connectivity index (χ3v) is 14.4. The molecule has 12 rings (SSSR count). The molecule has 314 valence electrons. The lowest BCUT2D eigenvalue weighted by Gasteiger charge is -2.28. The summed E-state index contributed by atoms with van der Waals surface area (Å²) in [5.74, 6) is 0. The highest BCUT2D eigenvalue weighted by molar-refractivity contribution is 5.98. The summed E-state index contributed by atoms with van der Waals surface area (Å²) >= 11 is 0. The lowest BCUT2D eigenvalue weighted by atomic mass is 9.81. The lowest BCUT2D eigenvalue weighted by Crippen LogP contribution is -2.14. The van der Waals surface area contributed by atoms with Crippen LogP contribution in [0, 0.1) is 6.92 Å². The van der Waals surface area contributed by atoms with Gasteiger partial charge in [0.05, 0.1) is 5.69 Å². The van der Waals surface area contributed by atoms with Gasteiger partial charge in [-0.1, -0.05) is 202 Å². The molecule has 0 aromatic heterocycles. The summed E-state index contributed by atoms with van der Waals surface area (Å²) in [5, 5.41) is 0. The van der Waals surface area contributed by atoms with Crippen LogP contribution in [0.1, 0.15) is 41.7 Å². The van der Waals surface area contributed by atoms with Gasteiger partial charge in [0, 0.05) is 22.4 Å². The van der Waals surface area contributed by atoms with Crippen molar-refractivity contribution in [2.45, 2.75) is 32.6 Å². The first-order chi connectivity index (χ1) is 32.4. The van der Waals surface area contributed by atoms with E-state index in [0.29, 0.717) is 0 Å². The van der Waals surface area contributed by atoms with Gasteiger partial charge < -0.3 is 4.90 Å². The number of hydrogen-bond donors (Lipinski definition) is 0. The number of hydrogen-bond acceptors (Lipinski definition) is 1. The molecule has 0 unspecified atom stereocenters. The first-order valence-electron chi connectivity index (χ1n) is 23.2. The molecule has 0 N–H and O–H groups in total. The molecule has 0 saturated heterocycles. The molecule has 2 bridgehead atoms. The molecule has 0 saturated carbocycles. The summed E-state index contributed by atoms with van der Waals surface area (Å²) in [6.45, 7) is 7.01. The van der Waals surface area contributed by atoms with Crippen molar-refractivity contribution in [1.29, 1.82) is 0 Å². The van der Waals surface area contributed by atoms with Gasteiger partial charge in [-0.15, -0.1) is 0 Å². The SMILES string of the molecule is Cc1c2cccc1-c1cc(-c3ccccc3N(c3ccccc3)c3ccc(-c4ccc5c(c4)C(C)(C)c4ccccc4-5)cc3)ccc1-c1ccccc1-c1ccccc1Cc1ccccc1-2. The maximum atomic E-state index is 2.44. The fourth-order valence-corrected chi connectivity index (χ4v) is 11.0. The van der Waals surface area contributed by atoms with Crippen LogP contribution in [0.3, 0.4) is 0 Å². The summed E-state index contributed by atoms with van der Waals surface area (Å²) in [7, 11) is 0. The van der Waals surface area contributed by atoms with E-state index in [4.69, 9.17) is 0 Å². The van der Waals surface area contributed by atoms with Crippen LogP contribution in [0.4, 0.5) is 17.1 Å². The molecular weight excluding hydrogens is 795 g/mol. The van der Waals surface area contributed by atoms with E-state index in [2.05, 4.69) is 256 Å². The number of anilines is 3. The average Bonchev–Trinajstić information content (AvgIpc) is 3.60. The Balaban J connectivity index is 1.01. The first kappa shape index (κ1) is 39.6. The second kappa shape index (κ2) is 15.9. The van der Waals surface area contributed by atoms with Gasteiger partial charge in [-0.25, -0.2) is 0 Å². The van der Waals surface area contributed by atoms with Crippen molar-refractivity contribution in [3.8, 4) is 77.9 Å². The van der Waals surface area contributed by atoms with Crippen LogP contribution in [0.2, 0.25) is 0 Å². The van der Waals surface area contributed by atoms with Gasteiger partial charge >= 0.3 is 0 Å². The molecule has 0 aliphatic heterocycles. The minimum Gasteiger partial charge on any atom is -0.310 e. The van der Waals surface area contributed by atoms with Crippen LogP contribution >= 0.6 is 0 Å². The molecule has 0 fully saturated rings. The summed E-state index contributed by atoms with van der Waals surface area (Å²) < 4.78 is 0. The van der Waals surface area contributed by atoms with E-state index in [0.717, 1.165) is 29.0 Å². The monoisotopic (exact) mass is 843 g/mol.